The summed E-state index contributed by atoms with van der Waals surface area (Å²) in [5.41, 5.74) is 1.09. The van der Waals surface area contributed by atoms with Gasteiger partial charge in [-0.05, 0) is 50.3 Å². The predicted molar refractivity (Wildman–Crippen MR) is 102 cm³/mol. The Hall–Kier alpha value is -3.68. The molecule has 0 aliphatic heterocycles. The van der Waals surface area contributed by atoms with E-state index in [0.29, 0.717) is 34.9 Å². The third-order valence-electron chi connectivity index (χ3n) is 4.07. The van der Waals surface area contributed by atoms with Crippen LogP contribution in [-0.2, 0) is 13.2 Å². The van der Waals surface area contributed by atoms with E-state index in [0.717, 1.165) is 0 Å². The number of ketones is 1. The molecule has 0 N–H and O–H groups in total. The molecule has 144 valence electrons. The first-order valence-electron chi connectivity index (χ1n) is 8.67. The summed E-state index contributed by atoms with van der Waals surface area (Å²) >= 11 is 0. The van der Waals surface area contributed by atoms with Crippen molar-refractivity contribution < 1.29 is 18.9 Å². The van der Waals surface area contributed by atoms with Crippen LogP contribution in [0.2, 0.25) is 0 Å². The van der Waals surface area contributed by atoms with E-state index in [1.165, 1.54) is 18.3 Å². The highest BCUT2D eigenvalue weighted by Crippen LogP contribution is 2.24. The number of carbonyl (C=O) groups excluding carboxylic acids is 1. The zero-order chi connectivity index (χ0) is 20.1. The molecule has 0 unspecified atom stereocenters. The number of nitro groups is 1. The second-order valence-electron chi connectivity index (χ2n) is 6.08. The second kappa shape index (κ2) is 8.34. The van der Waals surface area contributed by atoms with Gasteiger partial charge in [0.25, 0.3) is 5.69 Å². The molecule has 0 radical (unpaired) electrons. The van der Waals surface area contributed by atoms with Crippen molar-refractivity contribution in [2.45, 2.75) is 27.0 Å². The summed E-state index contributed by atoms with van der Waals surface area (Å²) in [7, 11) is 0. The third kappa shape index (κ3) is 4.53. The quantitative estimate of drug-likeness (QED) is 0.251. The number of nitro benzene ring substituents is 1. The van der Waals surface area contributed by atoms with Crippen LogP contribution in [0.15, 0.2) is 53.2 Å². The Morgan fingerprint density at radius 3 is 2.86 bits per heavy atom. The first kappa shape index (κ1) is 19.1. The van der Waals surface area contributed by atoms with Gasteiger partial charge < -0.3 is 9.15 Å². The van der Waals surface area contributed by atoms with Crippen molar-refractivity contribution in [2.24, 2.45) is 0 Å². The van der Waals surface area contributed by atoms with E-state index in [-0.39, 0.29) is 18.1 Å². The maximum atomic E-state index is 12.1. The summed E-state index contributed by atoms with van der Waals surface area (Å²) < 4.78 is 12.9. The third-order valence-corrected chi connectivity index (χ3v) is 4.07. The van der Waals surface area contributed by atoms with Gasteiger partial charge >= 0.3 is 0 Å². The first-order chi connectivity index (χ1) is 13.5. The highest BCUT2D eigenvalue weighted by molar-refractivity contribution is 6.06. The van der Waals surface area contributed by atoms with Gasteiger partial charge in [-0.1, -0.05) is 0 Å². The fraction of sp³-hybridized carbons (Fsp3) is 0.200. The number of benzene rings is 1. The summed E-state index contributed by atoms with van der Waals surface area (Å²) in [6, 6.07) is 8.05. The Bertz CT molecular complexity index is 1030. The molecule has 0 fully saturated rings. The van der Waals surface area contributed by atoms with Crippen molar-refractivity contribution in [3.8, 4) is 5.75 Å². The number of allylic oxidation sites excluding steroid dienone is 1. The molecule has 0 amide bonds. The second-order valence-corrected chi connectivity index (χ2v) is 6.08. The van der Waals surface area contributed by atoms with E-state index >= 15 is 0 Å². The van der Waals surface area contributed by atoms with E-state index in [1.54, 1.807) is 48.1 Å². The van der Waals surface area contributed by atoms with Crippen LogP contribution in [0.3, 0.4) is 0 Å². The monoisotopic (exact) mass is 381 g/mol. The van der Waals surface area contributed by atoms with Crippen LogP contribution in [0, 0.1) is 17.0 Å². The average Bonchev–Trinajstić information content (AvgIpc) is 3.33. The number of ether oxygens (including phenoxy) is 1. The molecule has 0 spiro atoms. The first-order valence-corrected chi connectivity index (χ1v) is 8.67. The minimum Gasteiger partial charge on any atom is -0.486 e. The van der Waals surface area contributed by atoms with E-state index in [1.807, 2.05) is 6.92 Å². The fourth-order valence-electron chi connectivity index (χ4n) is 2.56. The molecule has 0 saturated carbocycles. The summed E-state index contributed by atoms with van der Waals surface area (Å²) in [6.07, 6.45) is 6.25. The van der Waals surface area contributed by atoms with Crippen molar-refractivity contribution in [1.29, 1.82) is 0 Å². The summed E-state index contributed by atoms with van der Waals surface area (Å²) in [5.74, 6) is 1.45. The molecule has 0 aliphatic carbocycles. The van der Waals surface area contributed by atoms with E-state index in [9.17, 15) is 14.9 Å². The summed E-state index contributed by atoms with van der Waals surface area (Å²) in [4.78, 5) is 22.5. The largest absolute Gasteiger partial charge is 0.486 e. The highest BCUT2D eigenvalue weighted by Gasteiger charge is 2.11. The van der Waals surface area contributed by atoms with Gasteiger partial charge in [-0.15, -0.1) is 0 Å². The number of aromatic nitrogens is 2. The van der Waals surface area contributed by atoms with Gasteiger partial charge in [-0.25, -0.2) is 0 Å². The van der Waals surface area contributed by atoms with E-state index in [4.69, 9.17) is 9.15 Å². The Morgan fingerprint density at radius 2 is 2.18 bits per heavy atom. The number of hydrogen-bond donors (Lipinski definition) is 0. The molecular formula is C20H19N3O5. The zero-order valence-corrected chi connectivity index (χ0v) is 15.5. The molecule has 0 bridgehead atoms. The van der Waals surface area contributed by atoms with Crippen LogP contribution in [0.25, 0.3) is 6.08 Å². The van der Waals surface area contributed by atoms with Gasteiger partial charge in [0, 0.05) is 24.4 Å². The molecule has 0 aliphatic rings. The maximum Gasteiger partial charge on any atom is 0.272 e. The van der Waals surface area contributed by atoms with Crippen LogP contribution in [0.1, 0.15) is 34.4 Å². The topological polar surface area (TPSA) is 100 Å². The molecule has 3 rings (SSSR count). The Morgan fingerprint density at radius 1 is 1.36 bits per heavy atom. The molecule has 3 aromatic rings. The molecule has 8 heteroatoms. The summed E-state index contributed by atoms with van der Waals surface area (Å²) in [6.45, 7) is 4.47. The number of carbonyl (C=O) groups is 1. The number of rotatable bonds is 8. The zero-order valence-electron chi connectivity index (χ0n) is 15.5. The SMILES string of the molecule is CCn1cc(C(=O)/C=C/c2ccc(COc3ccc([N+](=O)[O-])c(C)c3)o2)cn1. The Balaban J connectivity index is 1.59. The lowest BCUT2D eigenvalue weighted by Gasteiger charge is -2.05. The van der Waals surface area contributed by atoms with Gasteiger partial charge in [-0.3, -0.25) is 19.6 Å². The molecule has 2 aromatic heterocycles. The standard InChI is InChI=1S/C20H19N3O5/c1-3-22-12-15(11-21-22)20(24)9-7-16-4-5-18(28-16)13-27-17-6-8-19(23(25)26)14(2)10-17/h4-12H,3,13H2,1-2H3/b9-7+. The lowest BCUT2D eigenvalue weighted by atomic mass is 10.2. The van der Waals surface area contributed by atoms with Crippen LogP contribution >= 0.6 is 0 Å². The lowest BCUT2D eigenvalue weighted by Crippen LogP contribution is -1.96. The maximum absolute atomic E-state index is 12.1. The van der Waals surface area contributed by atoms with Crippen molar-refractivity contribution in [2.75, 3.05) is 0 Å². The van der Waals surface area contributed by atoms with Crippen molar-refractivity contribution >= 4 is 17.5 Å². The van der Waals surface area contributed by atoms with Crippen molar-refractivity contribution in [3.63, 3.8) is 0 Å². The molecule has 0 atom stereocenters. The van der Waals surface area contributed by atoms with Crippen LogP contribution in [0.4, 0.5) is 5.69 Å². The van der Waals surface area contributed by atoms with E-state index in [2.05, 4.69) is 5.10 Å². The van der Waals surface area contributed by atoms with Gasteiger partial charge in [0.05, 0.1) is 16.7 Å². The predicted octanol–water partition coefficient (Wildman–Crippen LogP) is 4.19. The normalized spacial score (nSPS) is 11.1. The molecule has 1 aromatic carbocycles. The minimum atomic E-state index is -0.432. The van der Waals surface area contributed by atoms with Gasteiger partial charge in [-0.2, -0.15) is 5.10 Å². The highest BCUT2D eigenvalue weighted by atomic mass is 16.6. The van der Waals surface area contributed by atoms with Gasteiger partial charge in [0.1, 0.15) is 23.9 Å². The molecule has 2 heterocycles. The number of aryl methyl sites for hydroxylation is 2. The fourth-order valence-corrected chi connectivity index (χ4v) is 2.56. The van der Waals surface area contributed by atoms with Crippen LogP contribution in [-0.4, -0.2) is 20.5 Å². The molecule has 8 nitrogen and oxygen atoms in total. The van der Waals surface area contributed by atoms with Crippen LogP contribution in [0.5, 0.6) is 5.75 Å². The van der Waals surface area contributed by atoms with Crippen molar-refractivity contribution in [3.05, 3.63) is 81.6 Å². The molecule has 0 saturated heterocycles. The Labute approximate surface area is 161 Å². The average molecular weight is 381 g/mol. The number of hydrogen-bond acceptors (Lipinski definition) is 6. The number of furan rings is 1. The minimum absolute atomic E-state index is 0.0481. The van der Waals surface area contributed by atoms with E-state index < -0.39 is 4.92 Å². The smallest absolute Gasteiger partial charge is 0.272 e. The van der Waals surface area contributed by atoms with Crippen LogP contribution < -0.4 is 4.74 Å². The Kier molecular flexibility index (Phi) is 5.69. The van der Waals surface area contributed by atoms with Gasteiger partial charge in [0.2, 0.25) is 0 Å². The molecule has 28 heavy (non-hydrogen) atoms. The van der Waals surface area contributed by atoms with Gasteiger partial charge in [0.15, 0.2) is 5.78 Å². The summed E-state index contributed by atoms with van der Waals surface area (Å²) in [5, 5.41) is 14.9. The number of nitrogens with zero attached hydrogens (tertiary/aromatic N) is 3. The van der Waals surface area contributed by atoms with Crippen molar-refractivity contribution in [1.82, 2.24) is 9.78 Å². The lowest BCUT2D eigenvalue weighted by molar-refractivity contribution is -0.385. The molecular weight excluding hydrogens is 362 g/mol.